The molecule has 0 bridgehead atoms. The minimum absolute atomic E-state index is 0.352. The summed E-state index contributed by atoms with van der Waals surface area (Å²) in [6, 6.07) is 10.7. The molecular weight excluding hydrogens is 298 g/mol. The van der Waals surface area contributed by atoms with Gasteiger partial charge in [-0.25, -0.2) is 4.98 Å². The van der Waals surface area contributed by atoms with E-state index < -0.39 is 0 Å². The lowest BCUT2D eigenvalue weighted by Crippen LogP contribution is -2.29. The van der Waals surface area contributed by atoms with Crippen LogP contribution in [-0.2, 0) is 19.5 Å². The van der Waals surface area contributed by atoms with Crippen molar-refractivity contribution >= 4 is 5.65 Å². The standard InChI is InChI=1S/C19H23N5/c1-23(16-8-4-6-14-7-5-10-21-19(14)16)13-15-17(12-20)24-11-3-2-9-18(24)22-15/h2-3,5,7,9-11,16H,4,6,8,12-13,20H2,1H3/t16-/m0/s1. The van der Waals surface area contributed by atoms with Crippen molar-refractivity contribution in [2.75, 3.05) is 7.05 Å². The first-order chi connectivity index (χ1) is 11.8. The molecule has 1 aliphatic carbocycles. The highest BCUT2D eigenvalue weighted by Crippen LogP contribution is 2.32. The third-order valence-corrected chi connectivity index (χ3v) is 5.00. The van der Waals surface area contributed by atoms with Crippen molar-refractivity contribution in [1.82, 2.24) is 19.3 Å². The van der Waals surface area contributed by atoms with Gasteiger partial charge >= 0.3 is 0 Å². The van der Waals surface area contributed by atoms with Gasteiger partial charge in [-0.1, -0.05) is 12.1 Å². The summed E-state index contributed by atoms with van der Waals surface area (Å²) in [7, 11) is 2.17. The molecular formula is C19H23N5. The average molecular weight is 321 g/mol. The summed E-state index contributed by atoms with van der Waals surface area (Å²) in [4.78, 5) is 11.8. The molecule has 0 spiro atoms. The molecule has 0 unspecified atom stereocenters. The summed E-state index contributed by atoms with van der Waals surface area (Å²) in [6.45, 7) is 1.28. The quantitative estimate of drug-likeness (QED) is 0.802. The highest BCUT2D eigenvalue weighted by molar-refractivity contribution is 5.43. The number of nitrogens with two attached hydrogens (primary N) is 1. The minimum atomic E-state index is 0.352. The SMILES string of the molecule is CN(Cc1nc2ccccn2c1CN)[C@H]1CCCc2cccnc21. The molecule has 0 fully saturated rings. The number of hydrogen-bond donors (Lipinski definition) is 1. The van der Waals surface area contributed by atoms with Gasteiger partial charge in [0.15, 0.2) is 0 Å². The van der Waals surface area contributed by atoms with Gasteiger partial charge in [-0.3, -0.25) is 9.88 Å². The fourth-order valence-electron chi connectivity index (χ4n) is 3.80. The topological polar surface area (TPSA) is 59.5 Å². The molecule has 3 heterocycles. The Labute approximate surface area is 142 Å². The Kier molecular flexibility index (Phi) is 4.04. The van der Waals surface area contributed by atoms with Crippen molar-refractivity contribution in [3.63, 3.8) is 0 Å². The Morgan fingerprint density at radius 2 is 2.21 bits per heavy atom. The summed E-state index contributed by atoms with van der Waals surface area (Å²) in [5, 5.41) is 0. The van der Waals surface area contributed by atoms with Crippen LogP contribution in [0.5, 0.6) is 0 Å². The van der Waals surface area contributed by atoms with E-state index >= 15 is 0 Å². The Balaban J connectivity index is 1.64. The molecule has 4 rings (SSSR count). The second-order valence-electron chi connectivity index (χ2n) is 6.51. The van der Waals surface area contributed by atoms with Gasteiger partial charge in [0.2, 0.25) is 0 Å². The molecule has 1 atom stereocenters. The fraction of sp³-hybridized carbons (Fsp3) is 0.368. The molecule has 0 aliphatic heterocycles. The maximum atomic E-state index is 6.00. The van der Waals surface area contributed by atoms with Gasteiger partial charge in [0.1, 0.15) is 5.65 Å². The molecule has 0 saturated heterocycles. The number of aryl methyl sites for hydroxylation is 1. The van der Waals surface area contributed by atoms with Crippen LogP contribution in [0.2, 0.25) is 0 Å². The van der Waals surface area contributed by atoms with Gasteiger partial charge in [-0.15, -0.1) is 0 Å². The Morgan fingerprint density at radius 1 is 1.29 bits per heavy atom. The third kappa shape index (κ3) is 2.60. The van der Waals surface area contributed by atoms with Crippen molar-refractivity contribution in [3.8, 4) is 0 Å². The van der Waals surface area contributed by atoms with Gasteiger partial charge in [0.05, 0.1) is 23.1 Å². The largest absolute Gasteiger partial charge is 0.325 e. The molecule has 3 aromatic heterocycles. The lowest BCUT2D eigenvalue weighted by atomic mass is 9.91. The summed E-state index contributed by atoms with van der Waals surface area (Å²) in [5.41, 5.74) is 11.7. The molecule has 0 aromatic carbocycles. The van der Waals surface area contributed by atoms with Gasteiger partial charge in [-0.05, 0) is 50.1 Å². The Morgan fingerprint density at radius 3 is 3.08 bits per heavy atom. The highest BCUT2D eigenvalue weighted by Gasteiger charge is 2.26. The number of rotatable bonds is 4. The van der Waals surface area contributed by atoms with Crippen LogP contribution in [0.1, 0.15) is 41.5 Å². The molecule has 124 valence electrons. The van der Waals surface area contributed by atoms with Crippen molar-refractivity contribution in [2.24, 2.45) is 5.73 Å². The predicted molar refractivity (Wildman–Crippen MR) is 94.5 cm³/mol. The number of pyridine rings is 2. The van der Waals surface area contributed by atoms with Crippen LogP contribution in [0.3, 0.4) is 0 Å². The van der Waals surface area contributed by atoms with Gasteiger partial charge in [0, 0.05) is 25.5 Å². The van der Waals surface area contributed by atoms with E-state index in [2.05, 4.69) is 27.4 Å². The third-order valence-electron chi connectivity index (χ3n) is 5.00. The van der Waals surface area contributed by atoms with Crippen molar-refractivity contribution in [1.29, 1.82) is 0 Å². The Bertz CT molecular complexity index is 854. The second kappa shape index (κ2) is 6.34. The number of fused-ring (bicyclic) bond motifs is 2. The van der Waals surface area contributed by atoms with E-state index in [1.54, 1.807) is 0 Å². The highest BCUT2D eigenvalue weighted by atomic mass is 15.2. The van der Waals surface area contributed by atoms with Crippen LogP contribution in [0, 0.1) is 0 Å². The van der Waals surface area contributed by atoms with Gasteiger partial charge in [-0.2, -0.15) is 0 Å². The molecule has 0 saturated carbocycles. The van der Waals surface area contributed by atoms with E-state index in [0.717, 1.165) is 36.4 Å². The summed E-state index contributed by atoms with van der Waals surface area (Å²) in [5.74, 6) is 0. The van der Waals surface area contributed by atoms with E-state index in [-0.39, 0.29) is 0 Å². The minimum Gasteiger partial charge on any atom is -0.325 e. The van der Waals surface area contributed by atoms with Crippen LogP contribution in [0.15, 0.2) is 42.7 Å². The van der Waals surface area contributed by atoms with E-state index in [0.29, 0.717) is 12.6 Å². The summed E-state index contributed by atoms with van der Waals surface area (Å²) < 4.78 is 2.09. The Hall–Kier alpha value is -2.24. The first kappa shape index (κ1) is 15.3. The normalized spacial score (nSPS) is 17.4. The van der Waals surface area contributed by atoms with Crippen LogP contribution in [0.25, 0.3) is 5.65 Å². The van der Waals surface area contributed by atoms with Gasteiger partial charge < -0.3 is 10.1 Å². The first-order valence-corrected chi connectivity index (χ1v) is 8.57. The predicted octanol–water partition coefficient (Wildman–Crippen LogP) is 2.70. The smallest absolute Gasteiger partial charge is 0.137 e. The number of imidazole rings is 1. The van der Waals surface area contributed by atoms with Crippen LogP contribution < -0.4 is 5.73 Å². The number of aromatic nitrogens is 3. The van der Waals surface area contributed by atoms with Crippen LogP contribution in [0.4, 0.5) is 0 Å². The monoisotopic (exact) mass is 321 g/mol. The van der Waals surface area contributed by atoms with Crippen molar-refractivity contribution < 1.29 is 0 Å². The van der Waals surface area contributed by atoms with E-state index in [1.165, 1.54) is 17.7 Å². The molecule has 2 N–H and O–H groups in total. The maximum absolute atomic E-state index is 6.00. The zero-order valence-electron chi connectivity index (χ0n) is 14.0. The molecule has 5 nitrogen and oxygen atoms in total. The molecule has 0 amide bonds. The van der Waals surface area contributed by atoms with Crippen LogP contribution >= 0.6 is 0 Å². The maximum Gasteiger partial charge on any atom is 0.137 e. The zero-order chi connectivity index (χ0) is 16.5. The average Bonchev–Trinajstić information content (AvgIpc) is 2.98. The fourth-order valence-corrected chi connectivity index (χ4v) is 3.80. The number of nitrogens with zero attached hydrogens (tertiary/aromatic N) is 4. The lowest BCUT2D eigenvalue weighted by molar-refractivity contribution is 0.206. The molecule has 24 heavy (non-hydrogen) atoms. The summed E-state index contributed by atoms with van der Waals surface area (Å²) in [6.07, 6.45) is 7.43. The molecule has 0 radical (unpaired) electrons. The van der Waals surface area contributed by atoms with Gasteiger partial charge in [0.25, 0.3) is 0 Å². The molecule has 5 heteroatoms. The number of hydrogen-bond acceptors (Lipinski definition) is 4. The van der Waals surface area contributed by atoms with Crippen LogP contribution in [-0.4, -0.2) is 26.3 Å². The van der Waals surface area contributed by atoms with E-state index in [9.17, 15) is 0 Å². The lowest BCUT2D eigenvalue weighted by Gasteiger charge is -2.32. The van der Waals surface area contributed by atoms with Crippen molar-refractivity contribution in [2.45, 2.75) is 38.4 Å². The molecule has 3 aromatic rings. The molecule has 1 aliphatic rings. The second-order valence-corrected chi connectivity index (χ2v) is 6.51. The zero-order valence-corrected chi connectivity index (χ0v) is 14.0. The first-order valence-electron chi connectivity index (χ1n) is 8.57. The summed E-state index contributed by atoms with van der Waals surface area (Å²) >= 11 is 0. The van der Waals surface area contributed by atoms with Crippen molar-refractivity contribution in [3.05, 3.63) is 65.4 Å². The van der Waals surface area contributed by atoms with E-state index in [1.807, 2.05) is 36.7 Å². The van der Waals surface area contributed by atoms with E-state index in [4.69, 9.17) is 10.7 Å².